The van der Waals surface area contributed by atoms with Gasteiger partial charge in [-0.25, -0.2) is 4.98 Å². The van der Waals surface area contributed by atoms with E-state index in [1.54, 1.807) is 18.3 Å². The lowest BCUT2D eigenvalue weighted by molar-refractivity contribution is -0.133. The van der Waals surface area contributed by atoms with Crippen LogP contribution in [0.25, 0.3) is 11.3 Å². The van der Waals surface area contributed by atoms with Crippen molar-refractivity contribution in [2.75, 3.05) is 13.6 Å². The number of hydrogen-bond acceptors (Lipinski definition) is 4. The van der Waals surface area contributed by atoms with Gasteiger partial charge in [0.25, 0.3) is 0 Å². The molecule has 7 heteroatoms. The van der Waals surface area contributed by atoms with Gasteiger partial charge < -0.3 is 15.2 Å². The van der Waals surface area contributed by atoms with Crippen molar-refractivity contribution in [2.45, 2.75) is 19.0 Å². The number of nitrogens with zero attached hydrogens (tertiary/aromatic N) is 3. The Kier molecular flexibility index (Phi) is 4.07. The van der Waals surface area contributed by atoms with Crippen molar-refractivity contribution in [1.29, 1.82) is 0 Å². The molecule has 1 unspecified atom stereocenters. The molecule has 0 saturated carbocycles. The van der Waals surface area contributed by atoms with E-state index >= 15 is 0 Å². The van der Waals surface area contributed by atoms with E-state index in [2.05, 4.69) is 25.5 Å². The summed E-state index contributed by atoms with van der Waals surface area (Å²) in [7, 11) is 1.80. The Morgan fingerprint density at radius 2 is 2.16 bits per heavy atom. The minimum atomic E-state index is -0.392. The van der Waals surface area contributed by atoms with Gasteiger partial charge in [0, 0.05) is 31.3 Å². The number of amides is 1. The lowest BCUT2D eigenvalue weighted by Crippen LogP contribution is -2.42. The molecule has 3 N–H and O–H groups in total. The average Bonchev–Trinajstić information content (AvgIpc) is 3.30. The largest absolute Gasteiger partial charge is 0.348 e. The number of hydrogen-bond donors (Lipinski definition) is 3. The second-order valence-corrected chi connectivity index (χ2v) is 6.24. The number of imidazole rings is 1. The van der Waals surface area contributed by atoms with E-state index in [1.807, 2.05) is 36.4 Å². The number of carbonyl (C=O) groups is 1. The highest BCUT2D eigenvalue weighted by Gasteiger charge is 2.30. The zero-order valence-electron chi connectivity index (χ0n) is 14.0. The van der Waals surface area contributed by atoms with Crippen LogP contribution in [0.2, 0.25) is 0 Å². The number of H-pyrrole nitrogens is 2. The molecule has 1 aliphatic heterocycles. The second kappa shape index (κ2) is 6.52. The van der Waals surface area contributed by atoms with E-state index in [9.17, 15) is 4.79 Å². The predicted molar refractivity (Wildman–Crippen MR) is 93.5 cm³/mol. The first kappa shape index (κ1) is 15.6. The summed E-state index contributed by atoms with van der Waals surface area (Å²) in [5, 5.41) is 10.6. The molecule has 3 heterocycles. The van der Waals surface area contributed by atoms with Crippen molar-refractivity contribution in [2.24, 2.45) is 0 Å². The van der Waals surface area contributed by atoms with Gasteiger partial charge in [-0.15, -0.1) is 0 Å². The summed E-state index contributed by atoms with van der Waals surface area (Å²) in [5.74, 6) is 0.00362. The molecular weight excluding hydrogens is 316 g/mol. The van der Waals surface area contributed by atoms with Gasteiger partial charge in [-0.3, -0.25) is 9.89 Å². The summed E-state index contributed by atoms with van der Waals surface area (Å²) in [5.41, 5.74) is 4.67. The van der Waals surface area contributed by atoms with Crippen molar-refractivity contribution in [3.63, 3.8) is 0 Å². The molecule has 4 rings (SSSR count). The van der Waals surface area contributed by atoms with Crippen molar-refractivity contribution in [1.82, 2.24) is 30.4 Å². The summed E-state index contributed by atoms with van der Waals surface area (Å²) in [6, 6.07) is 11.6. The molecule has 1 aliphatic rings. The summed E-state index contributed by atoms with van der Waals surface area (Å²) in [4.78, 5) is 21.9. The van der Waals surface area contributed by atoms with Crippen molar-refractivity contribution in [3.8, 4) is 11.3 Å². The topological polar surface area (TPSA) is 89.7 Å². The first-order valence-electron chi connectivity index (χ1n) is 8.32. The maximum Gasteiger partial charge on any atom is 0.246 e. The van der Waals surface area contributed by atoms with E-state index in [1.165, 1.54) is 0 Å². The molecular formula is C18H20N6O. The molecule has 0 saturated heterocycles. The standard InChI is InChI=1S/C18H20N6O/c1-24(18(25)17-16-14(7-8-19-17)20-11-21-16)10-13-9-15(23-22-13)12-5-3-2-4-6-12/h2-6,9,11,17,19H,7-8,10H2,1H3,(H,20,21)(H,22,23). The van der Waals surface area contributed by atoms with Crippen LogP contribution in [0.1, 0.15) is 23.1 Å². The van der Waals surface area contributed by atoms with Gasteiger partial charge in [0.15, 0.2) is 0 Å². The Hall–Kier alpha value is -2.93. The predicted octanol–water partition coefficient (Wildman–Crippen LogP) is 1.65. The van der Waals surface area contributed by atoms with Crippen molar-refractivity contribution < 1.29 is 4.79 Å². The molecule has 0 radical (unpaired) electrons. The molecule has 0 aliphatic carbocycles. The highest BCUT2D eigenvalue weighted by molar-refractivity contribution is 5.83. The number of carbonyl (C=O) groups excluding carboxylic acids is 1. The number of nitrogens with one attached hydrogen (secondary N) is 3. The molecule has 2 aromatic heterocycles. The smallest absolute Gasteiger partial charge is 0.246 e. The quantitative estimate of drug-likeness (QED) is 0.676. The summed E-state index contributed by atoms with van der Waals surface area (Å²) in [6.45, 7) is 1.23. The first-order chi connectivity index (χ1) is 12.2. The first-order valence-corrected chi connectivity index (χ1v) is 8.32. The molecule has 1 amide bonds. The Labute approximate surface area is 145 Å². The minimum Gasteiger partial charge on any atom is -0.348 e. The van der Waals surface area contributed by atoms with Crippen LogP contribution >= 0.6 is 0 Å². The number of aromatic nitrogens is 4. The van der Waals surface area contributed by atoms with E-state index < -0.39 is 6.04 Å². The molecule has 1 atom stereocenters. The van der Waals surface area contributed by atoms with Gasteiger partial charge in [0.1, 0.15) is 6.04 Å². The Morgan fingerprint density at radius 3 is 3.00 bits per heavy atom. The molecule has 0 spiro atoms. The second-order valence-electron chi connectivity index (χ2n) is 6.24. The van der Waals surface area contributed by atoms with Crippen LogP contribution in [-0.2, 0) is 17.8 Å². The number of benzene rings is 1. The third-order valence-electron chi connectivity index (χ3n) is 4.48. The normalized spacial score (nSPS) is 16.4. The lowest BCUT2D eigenvalue weighted by Gasteiger charge is -2.26. The highest BCUT2D eigenvalue weighted by atomic mass is 16.2. The number of aromatic amines is 2. The molecule has 0 fully saturated rings. The van der Waals surface area contributed by atoms with E-state index in [0.717, 1.165) is 41.3 Å². The fourth-order valence-electron chi connectivity index (χ4n) is 3.18. The van der Waals surface area contributed by atoms with Crippen LogP contribution in [-0.4, -0.2) is 44.6 Å². The van der Waals surface area contributed by atoms with Gasteiger partial charge in [0.05, 0.1) is 30.0 Å². The third kappa shape index (κ3) is 3.06. The zero-order chi connectivity index (χ0) is 17.2. The fraction of sp³-hybridized carbons (Fsp3) is 0.278. The van der Waals surface area contributed by atoms with Crippen LogP contribution in [0.5, 0.6) is 0 Å². The van der Waals surface area contributed by atoms with Gasteiger partial charge in [-0.1, -0.05) is 30.3 Å². The van der Waals surface area contributed by atoms with Crippen LogP contribution in [0.4, 0.5) is 0 Å². The Balaban J connectivity index is 1.47. The maximum atomic E-state index is 12.8. The zero-order valence-corrected chi connectivity index (χ0v) is 14.0. The van der Waals surface area contributed by atoms with Gasteiger partial charge >= 0.3 is 0 Å². The van der Waals surface area contributed by atoms with Crippen LogP contribution in [0.15, 0.2) is 42.7 Å². The summed E-state index contributed by atoms with van der Waals surface area (Å²) in [6.07, 6.45) is 2.52. The van der Waals surface area contributed by atoms with Crippen molar-refractivity contribution >= 4 is 5.91 Å². The summed E-state index contributed by atoms with van der Waals surface area (Å²) >= 11 is 0. The van der Waals surface area contributed by atoms with E-state index in [0.29, 0.717) is 6.54 Å². The molecule has 3 aromatic rings. The van der Waals surface area contributed by atoms with Crippen LogP contribution in [0.3, 0.4) is 0 Å². The number of fused-ring (bicyclic) bond motifs is 1. The van der Waals surface area contributed by atoms with Crippen molar-refractivity contribution in [3.05, 3.63) is 59.8 Å². The van der Waals surface area contributed by atoms with Gasteiger partial charge in [-0.2, -0.15) is 5.10 Å². The lowest BCUT2D eigenvalue weighted by atomic mass is 10.0. The van der Waals surface area contributed by atoms with E-state index in [-0.39, 0.29) is 5.91 Å². The minimum absolute atomic E-state index is 0.00362. The van der Waals surface area contributed by atoms with Gasteiger partial charge in [0.2, 0.25) is 5.91 Å². The molecule has 25 heavy (non-hydrogen) atoms. The van der Waals surface area contributed by atoms with Crippen LogP contribution < -0.4 is 5.32 Å². The molecule has 7 nitrogen and oxygen atoms in total. The van der Waals surface area contributed by atoms with Crippen LogP contribution in [0, 0.1) is 0 Å². The monoisotopic (exact) mass is 336 g/mol. The molecule has 0 bridgehead atoms. The molecule has 128 valence electrons. The van der Waals surface area contributed by atoms with E-state index in [4.69, 9.17) is 0 Å². The highest BCUT2D eigenvalue weighted by Crippen LogP contribution is 2.22. The Morgan fingerprint density at radius 1 is 1.32 bits per heavy atom. The summed E-state index contributed by atoms with van der Waals surface area (Å²) < 4.78 is 0. The number of rotatable bonds is 4. The fourth-order valence-corrected chi connectivity index (χ4v) is 3.18. The maximum absolute atomic E-state index is 12.8. The Bertz CT molecular complexity index is 869. The molecule has 1 aromatic carbocycles. The third-order valence-corrected chi connectivity index (χ3v) is 4.48. The SMILES string of the molecule is CN(Cc1cc(-c2ccccc2)n[nH]1)C(=O)C1NCCc2[nH]cnc21. The average molecular weight is 336 g/mol. The van der Waals surface area contributed by atoms with Gasteiger partial charge in [-0.05, 0) is 6.07 Å². The number of likely N-dealkylation sites (N-methyl/N-ethyl adjacent to an activating group) is 1.